The number of carbonyl (C=O) groups is 2. The van der Waals surface area contributed by atoms with Gasteiger partial charge in [-0.15, -0.1) is 0 Å². The van der Waals surface area contributed by atoms with Gasteiger partial charge in [0.05, 0.1) is 11.4 Å². The van der Waals surface area contributed by atoms with Gasteiger partial charge in [-0.05, 0) is 24.6 Å². The molecule has 2 rings (SSSR count). The molecule has 0 spiro atoms. The van der Waals surface area contributed by atoms with Gasteiger partial charge in [0.2, 0.25) is 11.8 Å². The van der Waals surface area contributed by atoms with Crippen molar-refractivity contribution in [3.05, 3.63) is 24.0 Å². The van der Waals surface area contributed by atoms with Crippen molar-refractivity contribution in [1.82, 2.24) is 5.32 Å². The third-order valence-corrected chi connectivity index (χ3v) is 2.58. The van der Waals surface area contributed by atoms with Crippen molar-refractivity contribution in [2.75, 3.05) is 11.1 Å². The Kier molecular flexibility index (Phi) is 2.95. The Balaban J connectivity index is 2.07. The van der Waals surface area contributed by atoms with Crippen LogP contribution in [0.15, 0.2) is 18.2 Å². The molecule has 6 heteroatoms. The van der Waals surface area contributed by atoms with Crippen molar-refractivity contribution in [3.63, 3.8) is 0 Å². The lowest BCUT2D eigenvalue weighted by molar-refractivity contribution is -0.122. The maximum atomic E-state index is 13.0. The lowest BCUT2D eigenvalue weighted by atomic mass is 10.2. The quantitative estimate of drug-likeness (QED) is 0.659. The molecule has 1 aromatic rings. The molecule has 0 unspecified atom stereocenters. The zero-order valence-corrected chi connectivity index (χ0v) is 9.00. The number of nitrogens with one attached hydrogen (secondary N) is 2. The van der Waals surface area contributed by atoms with Gasteiger partial charge in [0.25, 0.3) is 0 Å². The average molecular weight is 237 g/mol. The Bertz CT molecular complexity index is 476. The van der Waals surface area contributed by atoms with Gasteiger partial charge in [0, 0.05) is 6.42 Å². The summed E-state index contributed by atoms with van der Waals surface area (Å²) in [5, 5.41) is 5.02. The van der Waals surface area contributed by atoms with Crippen molar-refractivity contribution in [2.24, 2.45) is 0 Å². The highest BCUT2D eigenvalue weighted by molar-refractivity contribution is 6.00. The molecule has 0 aliphatic carbocycles. The predicted molar refractivity (Wildman–Crippen MR) is 60.6 cm³/mol. The van der Waals surface area contributed by atoms with Gasteiger partial charge in [-0.3, -0.25) is 9.59 Å². The van der Waals surface area contributed by atoms with Crippen LogP contribution in [0.2, 0.25) is 0 Å². The third kappa shape index (κ3) is 2.52. The molecule has 17 heavy (non-hydrogen) atoms. The summed E-state index contributed by atoms with van der Waals surface area (Å²) in [6, 6.07) is 3.16. The minimum Gasteiger partial charge on any atom is -0.397 e. The Morgan fingerprint density at radius 2 is 2.29 bits per heavy atom. The van der Waals surface area contributed by atoms with E-state index in [0.29, 0.717) is 12.8 Å². The topological polar surface area (TPSA) is 84.2 Å². The summed E-state index contributed by atoms with van der Waals surface area (Å²) in [6.45, 7) is 0. The molecule has 1 aromatic carbocycles. The highest BCUT2D eigenvalue weighted by atomic mass is 19.1. The Hall–Kier alpha value is -2.11. The first-order chi connectivity index (χ1) is 8.06. The number of hydrogen-bond donors (Lipinski definition) is 3. The number of carbonyl (C=O) groups excluding carboxylic acids is 2. The van der Waals surface area contributed by atoms with Gasteiger partial charge in [0.15, 0.2) is 0 Å². The van der Waals surface area contributed by atoms with E-state index in [1.54, 1.807) is 0 Å². The van der Waals surface area contributed by atoms with E-state index in [-0.39, 0.29) is 23.2 Å². The fraction of sp³-hybridized carbons (Fsp3) is 0.273. The van der Waals surface area contributed by atoms with Gasteiger partial charge in [-0.1, -0.05) is 0 Å². The van der Waals surface area contributed by atoms with Crippen LogP contribution >= 0.6 is 0 Å². The Morgan fingerprint density at radius 1 is 1.53 bits per heavy atom. The molecular formula is C11H12FN3O2. The van der Waals surface area contributed by atoms with E-state index in [9.17, 15) is 14.0 Å². The minimum absolute atomic E-state index is 0.155. The van der Waals surface area contributed by atoms with Crippen LogP contribution in [0, 0.1) is 5.82 Å². The minimum atomic E-state index is -0.565. The molecule has 1 heterocycles. The van der Waals surface area contributed by atoms with Crippen molar-refractivity contribution in [3.8, 4) is 0 Å². The van der Waals surface area contributed by atoms with Crippen LogP contribution in [0.4, 0.5) is 15.8 Å². The summed E-state index contributed by atoms with van der Waals surface area (Å²) in [5.41, 5.74) is 6.10. The summed E-state index contributed by atoms with van der Waals surface area (Å²) in [5.74, 6) is -1.02. The molecule has 0 radical (unpaired) electrons. The molecule has 0 aromatic heterocycles. The van der Waals surface area contributed by atoms with E-state index in [1.807, 2.05) is 0 Å². The maximum Gasteiger partial charge on any atom is 0.247 e. The van der Waals surface area contributed by atoms with E-state index >= 15 is 0 Å². The van der Waals surface area contributed by atoms with Crippen molar-refractivity contribution in [1.29, 1.82) is 0 Å². The zero-order chi connectivity index (χ0) is 12.4. The first-order valence-electron chi connectivity index (χ1n) is 5.21. The van der Waals surface area contributed by atoms with Gasteiger partial charge >= 0.3 is 0 Å². The van der Waals surface area contributed by atoms with Crippen LogP contribution in [0.5, 0.6) is 0 Å². The van der Waals surface area contributed by atoms with Crippen LogP contribution in [-0.2, 0) is 9.59 Å². The number of nitrogens with two attached hydrogens (primary N) is 1. The largest absolute Gasteiger partial charge is 0.397 e. The average Bonchev–Trinajstić information content (AvgIpc) is 2.70. The second kappa shape index (κ2) is 4.40. The fourth-order valence-electron chi connectivity index (χ4n) is 1.67. The zero-order valence-electron chi connectivity index (χ0n) is 9.00. The molecule has 1 fully saturated rings. The van der Waals surface area contributed by atoms with Crippen molar-refractivity contribution in [2.45, 2.75) is 18.9 Å². The molecule has 90 valence electrons. The van der Waals surface area contributed by atoms with E-state index in [2.05, 4.69) is 10.6 Å². The summed E-state index contributed by atoms with van der Waals surface area (Å²) >= 11 is 0. The normalized spacial score (nSPS) is 18.9. The summed E-state index contributed by atoms with van der Waals surface area (Å²) in [6.07, 6.45) is 0.774. The van der Waals surface area contributed by atoms with Gasteiger partial charge in [-0.2, -0.15) is 0 Å². The number of hydrogen-bond acceptors (Lipinski definition) is 3. The highest BCUT2D eigenvalue weighted by Crippen LogP contribution is 2.20. The first kappa shape index (κ1) is 11.4. The molecule has 1 aliphatic heterocycles. The molecule has 1 atom stereocenters. The SMILES string of the molecule is Nc1ccc(F)cc1NC(=O)[C@@H]1CCC(=O)N1. The lowest BCUT2D eigenvalue weighted by Crippen LogP contribution is -2.37. The number of benzene rings is 1. The molecule has 1 saturated heterocycles. The Morgan fingerprint density at radius 3 is 2.94 bits per heavy atom. The summed E-state index contributed by atoms with van der Waals surface area (Å²) in [7, 11) is 0. The van der Waals surface area contributed by atoms with Crippen LogP contribution in [0.1, 0.15) is 12.8 Å². The van der Waals surface area contributed by atoms with Crippen LogP contribution in [0.25, 0.3) is 0 Å². The first-order valence-corrected chi connectivity index (χ1v) is 5.21. The number of rotatable bonds is 2. The highest BCUT2D eigenvalue weighted by Gasteiger charge is 2.27. The van der Waals surface area contributed by atoms with Gasteiger partial charge in [-0.25, -0.2) is 4.39 Å². The van der Waals surface area contributed by atoms with Crippen LogP contribution in [-0.4, -0.2) is 17.9 Å². The lowest BCUT2D eigenvalue weighted by Gasteiger charge is -2.12. The second-order valence-electron chi connectivity index (χ2n) is 3.88. The summed E-state index contributed by atoms with van der Waals surface area (Å²) < 4.78 is 13.0. The predicted octanol–water partition coefficient (Wildman–Crippen LogP) is 0.625. The summed E-state index contributed by atoms with van der Waals surface area (Å²) in [4.78, 5) is 22.7. The molecule has 0 saturated carbocycles. The van der Waals surface area contributed by atoms with Crippen LogP contribution in [0.3, 0.4) is 0 Å². The monoisotopic (exact) mass is 237 g/mol. The van der Waals surface area contributed by atoms with Gasteiger partial charge < -0.3 is 16.4 Å². The van der Waals surface area contributed by atoms with E-state index in [0.717, 1.165) is 6.07 Å². The van der Waals surface area contributed by atoms with Crippen molar-refractivity contribution < 1.29 is 14.0 Å². The van der Waals surface area contributed by atoms with E-state index < -0.39 is 11.9 Å². The van der Waals surface area contributed by atoms with Crippen LogP contribution < -0.4 is 16.4 Å². The smallest absolute Gasteiger partial charge is 0.247 e. The third-order valence-electron chi connectivity index (χ3n) is 2.58. The van der Waals surface area contributed by atoms with E-state index in [1.165, 1.54) is 12.1 Å². The van der Waals surface area contributed by atoms with Gasteiger partial charge in [0.1, 0.15) is 11.9 Å². The maximum absolute atomic E-state index is 13.0. The van der Waals surface area contributed by atoms with E-state index in [4.69, 9.17) is 5.73 Å². The number of halogens is 1. The molecule has 1 aliphatic rings. The second-order valence-corrected chi connectivity index (χ2v) is 3.88. The molecule has 5 nitrogen and oxygen atoms in total. The molecule has 4 N–H and O–H groups in total. The number of anilines is 2. The molecule has 0 bridgehead atoms. The Labute approximate surface area is 97.2 Å². The van der Waals surface area contributed by atoms with Crippen molar-refractivity contribution >= 4 is 23.2 Å². The molecule has 2 amide bonds. The number of nitrogen functional groups attached to an aromatic ring is 1. The number of amides is 2. The standard InChI is InChI=1S/C11H12FN3O2/c12-6-1-2-7(13)9(5-6)15-11(17)8-3-4-10(16)14-8/h1-2,5,8H,3-4,13H2,(H,14,16)(H,15,17)/t8-/m0/s1. The molecular weight excluding hydrogens is 225 g/mol. The fourth-order valence-corrected chi connectivity index (χ4v) is 1.67.